The first kappa shape index (κ1) is 12.5. The molecule has 0 aromatic heterocycles. The van der Waals surface area contributed by atoms with Crippen molar-refractivity contribution in [3.8, 4) is 0 Å². The van der Waals surface area contributed by atoms with Crippen molar-refractivity contribution >= 4 is 0 Å². The number of aliphatic hydroxyl groups is 2. The highest BCUT2D eigenvalue weighted by Crippen LogP contribution is 2.19. The molecular formula is C13H22O2. The molecule has 2 atom stereocenters. The molecule has 0 heterocycles. The van der Waals surface area contributed by atoms with E-state index in [9.17, 15) is 10.2 Å². The van der Waals surface area contributed by atoms with Gasteiger partial charge in [-0.25, -0.2) is 0 Å². The first-order chi connectivity index (χ1) is 7.25. The van der Waals surface area contributed by atoms with Crippen molar-refractivity contribution in [2.45, 2.75) is 57.7 Å². The van der Waals surface area contributed by atoms with Crippen molar-refractivity contribution in [1.82, 2.24) is 0 Å². The molecule has 0 bridgehead atoms. The Hall–Kier alpha value is -0.600. The third kappa shape index (κ3) is 4.18. The van der Waals surface area contributed by atoms with Crippen molar-refractivity contribution in [2.24, 2.45) is 0 Å². The normalized spacial score (nSPS) is 27.8. The number of unbranched alkanes of at least 4 members (excludes halogenated alkanes) is 5. The molecule has 0 fully saturated rings. The lowest BCUT2D eigenvalue weighted by Crippen LogP contribution is -2.20. The molecule has 0 spiro atoms. The van der Waals surface area contributed by atoms with Crippen LogP contribution in [-0.2, 0) is 0 Å². The second-order valence-electron chi connectivity index (χ2n) is 4.20. The summed E-state index contributed by atoms with van der Waals surface area (Å²) in [5, 5.41) is 18.8. The fourth-order valence-corrected chi connectivity index (χ4v) is 1.82. The van der Waals surface area contributed by atoms with Crippen LogP contribution >= 0.6 is 0 Å². The van der Waals surface area contributed by atoms with Crippen molar-refractivity contribution in [1.29, 1.82) is 0 Å². The second-order valence-corrected chi connectivity index (χ2v) is 4.20. The fraction of sp³-hybridized carbons (Fsp3) is 0.692. The fourth-order valence-electron chi connectivity index (χ4n) is 1.82. The van der Waals surface area contributed by atoms with Crippen LogP contribution in [-0.4, -0.2) is 22.4 Å². The zero-order chi connectivity index (χ0) is 11.1. The number of hydrogen-bond acceptors (Lipinski definition) is 2. The molecule has 1 rings (SSSR count). The molecule has 2 heteroatoms. The molecule has 1 aliphatic carbocycles. The lowest BCUT2D eigenvalue weighted by atomic mass is 10.1. The first-order valence-electron chi connectivity index (χ1n) is 6.00. The number of aliphatic hydroxyl groups excluding tert-OH is 2. The molecule has 0 saturated carbocycles. The maximum Gasteiger partial charge on any atom is 0.108 e. The molecule has 0 amide bonds. The van der Waals surface area contributed by atoms with Crippen molar-refractivity contribution in [2.75, 3.05) is 0 Å². The maximum absolute atomic E-state index is 9.52. The smallest absolute Gasteiger partial charge is 0.108 e. The van der Waals surface area contributed by atoms with Gasteiger partial charge in [0.25, 0.3) is 0 Å². The molecule has 2 nitrogen and oxygen atoms in total. The van der Waals surface area contributed by atoms with E-state index in [1.54, 1.807) is 6.08 Å². The van der Waals surface area contributed by atoms with Crippen LogP contribution in [0.1, 0.15) is 45.4 Å². The molecule has 1 aliphatic rings. The Morgan fingerprint density at radius 3 is 2.53 bits per heavy atom. The Balaban J connectivity index is 2.13. The lowest BCUT2D eigenvalue weighted by Gasteiger charge is -2.08. The van der Waals surface area contributed by atoms with Crippen molar-refractivity contribution in [3.05, 3.63) is 23.8 Å². The van der Waals surface area contributed by atoms with Crippen LogP contribution in [0.15, 0.2) is 23.8 Å². The first-order valence-corrected chi connectivity index (χ1v) is 6.00. The Kier molecular flexibility index (Phi) is 5.66. The minimum atomic E-state index is -0.698. The highest BCUT2D eigenvalue weighted by Gasteiger charge is 2.21. The summed E-state index contributed by atoms with van der Waals surface area (Å²) in [7, 11) is 0. The van der Waals surface area contributed by atoms with Crippen LogP contribution in [0.5, 0.6) is 0 Å². The summed E-state index contributed by atoms with van der Waals surface area (Å²) >= 11 is 0. The van der Waals surface area contributed by atoms with E-state index in [4.69, 9.17) is 0 Å². The zero-order valence-electron chi connectivity index (χ0n) is 9.52. The molecule has 2 N–H and O–H groups in total. The van der Waals surface area contributed by atoms with Crippen molar-refractivity contribution < 1.29 is 10.2 Å². The Morgan fingerprint density at radius 2 is 1.93 bits per heavy atom. The SMILES string of the molecule is CCCCCCC/C=C1/C=CC(O)C1O. The van der Waals surface area contributed by atoms with Gasteiger partial charge in [-0.1, -0.05) is 50.8 Å². The molecule has 0 radical (unpaired) electrons. The lowest BCUT2D eigenvalue weighted by molar-refractivity contribution is 0.0825. The molecule has 0 aliphatic heterocycles. The Morgan fingerprint density at radius 1 is 1.20 bits per heavy atom. The summed E-state index contributed by atoms with van der Waals surface area (Å²) < 4.78 is 0. The standard InChI is InChI=1S/C13H22O2/c1-2-3-4-5-6-7-8-11-9-10-12(14)13(11)15/h8-10,12-15H,2-7H2,1H3/b11-8-. The third-order valence-electron chi connectivity index (χ3n) is 2.84. The van der Waals surface area contributed by atoms with E-state index in [1.165, 1.54) is 32.1 Å². The highest BCUT2D eigenvalue weighted by atomic mass is 16.3. The van der Waals surface area contributed by atoms with Crippen LogP contribution < -0.4 is 0 Å². The monoisotopic (exact) mass is 210 g/mol. The van der Waals surface area contributed by atoms with Crippen LogP contribution in [0.2, 0.25) is 0 Å². The largest absolute Gasteiger partial charge is 0.386 e. The van der Waals surface area contributed by atoms with Crippen molar-refractivity contribution in [3.63, 3.8) is 0 Å². The summed E-state index contributed by atoms with van der Waals surface area (Å²) in [5.74, 6) is 0. The van der Waals surface area contributed by atoms with E-state index in [0.29, 0.717) is 0 Å². The second kappa shape index (κ2) is 6.81. The van der Waals surface area contributed by atoms with E-state index >= 15 is 0 Å². The van der Waals surface area contributed by atoms with Gasteiger partial charge in [0.15, 0.2) is 0 Å². The number of hydrogen-bond donors (Lipinski definition) is 2. The van der Waals surface area contributed by atoms with Gasteiger partial charge >= 0.3 is 0 Å². The summed E-state index contributed by atoms with van der Waals surface area (Å²) in [6.07, 6.45) is 11.5. The summed E-state index contributed by atoms with van der Waals surface area (Å²) in [5.41, 5.74) is 0.873. The molecule has 0 aromatic rings. The quantitative estimate of drug-likeness (QED) is 0.661. The van der Waals surface area contributed by atoms with E-state index in [0.717, 1.165) is 12.0 Å². The van der Waals surface area contributed by atoms with Gasteiger partial charge in [0.1, 0.15) is 12.2 Å². The summed E-state index contributed by atoms with van der Waals surface area (Å²) in [4.78, 5) is 0. The van der Waals surface area contributed by atoms with E-state index in [2.05, 4.69) is 6.92 Å². The van der Waals surface area contributed by atoms with Gasteiger partial charge in [-0.2, -0.15) is 0 Å². The van der Waals surface area contributed by atoms with Gasteiger partial charge in [0.2, 0.25) is 0 Å². The predicted molar refractivity (Wildman–Crippen MR) is 62.6 cm³/mol. The van der Waals surface area contributed by atoms with Crippen LogP contribution in [0.3, 0.4) is 0 Å². The molecule has 0 saturated heterocycles. The van der Waals surface area contributed by atoms with Crippen LogP contribution in [0, 0.1) is 0 Å². The molecule has 15 heavy (non-hydrogen) atoms. The summed E-state index contributed by atoms with van der Waals surface area (Å²) in [6, 6.07) is 0. The Labute approximate surface area is 92.3 Å². The van der Waals surface area contributed by atoms with E-state index in [-0.39, 0.29) is 0 Å². The van der Waals surface area contributed by atoms with Crippen LogP contribution in [0.4, 0.5) is 0 Å². The van der Waals surface area contributed by atoms with Gasteiger partial charge < -0.3 is 10.2 Å². The molecule has 86 valence electrons. The van der Waals surface area contributed by atoms with Crippen LogP contribution in [0.25, 0.3) is 0 Å². The minimum Gasteiger partial charge on any atom is -0.386 e. The topological polar surface area (TPSA) is 40.5 Å². The Bertz CT molecular complexity index is 231. The molecular weight excluding hydrogens is 188 g/mol. The van der Waals surface area contributed by atoms with Gasteiger partial charge in [-0.3, -0.25) is 0 Å². The van der Waals surface area contributed by atoms with Gasteiger partial charge in [-0.05, 0) is 18.4 Å². The number of allylic oxidation sites excluding steroid dienone is 1. The molecule has 2 unspecified atom stereocenters. The highest BCUT2D eigenvalue weighted by molar-refractivity contribution is 5.32. The van der Waals surface area contributed by atoms with Gasteiger partial charge in [0, 0.05) is 0 Å². The average molecular weight is 210 g/mol. The molecule has 0 aromatic carbocycles. The average Bonchev–Trinajstić information content (AvgIpc) is 2.54. The van der Waals surface area contributed by atoms with Gasteiger partial charge in [0.05, 0.1) is 0 Å². The van der Waals surface area contributed by atoms with E-state index in [1.807, 2.05) is 12.2 Å². The number of rotatable bonds is 6. The summed E-state index contributed by atoms with van der Waals surface area (Å²) in [6.45, 7) is 2.21. The predicted octanol–water partition coefficient (Wildman–Crippen LogP) is 2.56. The zero-order valence-corrected chi connectivity index (χ0v) is 9.52. The maximum atomic E-state index is 9.52. The van der Waals surface area contributed by atoms with Gasteiger partial charge in [-0.15, -0.1) is 0 Å². The third-order valence-corrected chi connectivity index (χ3v) is 2.84. The minimum absolute atomic E-state index is 0.694. The van der Waals surface area contributed by atoms with E-state index < -0.39 is 12.2 Å².